The Bertz CT molecular complexity index is 335. The Morgan fingerprint density at radius 3 is 2.47 bits per heavy atom. The van der Waals surface area contributed by atoms with E-state index in [4.69, 9.17) is 0 Å². The zero-order chi connectivity index (χ0) is 11.5. The summed E-state index contributed by atoms with van der Waals surface area (Å²) in [5, 5.41) is 3.14. The molecule has 0 bridgehead atoms. The number of hydrogen-bond acceptors (Lipinski definition) is 3. The van der Waals surface area contributed by atoms with Crippen molar-refractivity contribution in [3.05, 3.63) is 17.8 Å². The fourth-order valence-corrected chi connectivity index (χ4v) is 1.26. The van der Waals surface area contributed by atoms with Crippen LogP contribution in [0.2, 0.25) is 0 Å². The molecule has 0 saturated heterocycles. The van der Waals surface area contributed by atoms with Crippen LogP contribution < -0.4 is 5.32 Å². The Balaban J connectivity index is 2.94. The largest absolute Gasteiger partial charge is 0.362 e. The number of anilines is 1. The van der Waals surface area contributed by atoms with Crippen molar-refractivity contribution in [2.75, 3.05) is 5.32 Å². The van der Waals surface area contributed by atoms with Crippen LogP contribution >= 0.6 is 0 Å². The van der Waals surface area contributed by atoms with Crippen LogP contribution in [0.5, 0.6) is 0 Å². The summed E-state index contributed by atoms with van der Waals surface area (Å²) in [6, 6.07) is 0. The Hall–Kier alpha value is -1.19. The van der Waals surface area contributed by atoms with Gasteiger partial charge in [-0.05, 0) is 26.7 Å². The molecule has 1 heterocycles. The first-order valence-corrected chi connectivity index (χ1v) is 5.27. The van der Waals surface area contributed by atoms with E-state index in [0.29, 0.717) is 11.5 Å². The van der Waals surface area contributed by atoms with Gasteiger partial charge in [-0.1, -0.05) is 13.8 Å². The van der Waals surface area contributed by atoms with E-state index in [1.807, 2.05) is 0 Å². The molecule has 4 heteroatoms. The molecule has 1 N–H and O–H groups in total. The minimum atomic E-state index is -0.356. The normalized spacial score (nSPS) is 11.5. The highest BCUT2D eigenvalue weighted by Gasteiger charge is 2.21. The molecule has 0 spiro atoms. The summed E-state index contributed by atoms with van der Waals surface area (Å²) in [6.07, 6.45) is 3.23. The Morgan fingerprint density at radius 1 is 1.33 bits per heavy atom. The van der Waals surface area contributed by atoms with Crippen molar-refractivity contribution in [1.82, 2.24) is 9.97 Å². The minimum Gasteiger partial charge on any atom is -0.362 e. The van der Waals surface area contributed by atoms with Gasteiger partial charge in [-0.15, -0.1) is 0 Å². The van der Waals surface area contributed by atoms with Crippen LogP contribution in [-0.4, -0.2) is 15.5 Å². The predicted molar refractivity (Wildman–Crippen MR) is 59.3 cm³/mol. The molecule has 0 aliphatic rings. The summed E-state index contributed by atoms with van der Waals surface area (Å²) >= 11 is 0. The predicted octanol–water partition coefficient (Wildman–Crippen LogP) is 2.91. The number of aryl methyl sites for hydroxylation is 1. The molecular formula is C11H18FN3. The van der Waals surface area contributed by atoms with Gasteiger partial charge in [0.1, 0.15) is 6.33 Å². The molecule has 1 aromatic rings. The number of hydrogen-bond donors (Lipinski definition) is 1. The van der Waals surface area contributed by atoms with Crippen molar-refractivity contribution in [2.24, 2.45) is 0 Å². The molecular weight excluding hydrogens is 193 g/mol. The standard InChI is InChI=1S/C11H18FN3/c1-5-11(4,6-2)15-10-9(12)8(3)13-7-14-10/h7H,5-6H2,1-4H3,(H,13,14,15). The summed E-state index contributed by atoms with van der Waals surface area (Å²) in [5.74, 6) is -0.0562. The molecule has 3 nitrogen and oxygen atoms in total. The molecule has 1 rings (SSSR count). The molecule has 0 saturated carbocycles. The van der Waals surface area contributed by atoms with Crippen molar-refractivity contribution >= 4 is 5.82 Å². The van der Waals surface area contributed by atoms with E-state index < -0.39 is 0 Å². The van der Waals surface area contributed by atoms with Gasteiger partial charge in [0.2, 0.25) is 0 Å². The van der Waals surface area contributed by atoms with Crippen molar-refractivity contribution < 1.29 is 4.39 Å². The lowest BCUT2D eigenvalue weighted by Gasteiger charge is -2.29. The molecule has 0 aromatic carbocycles. The fourth-order valence-electron chi connectivity index (χ4n) is 1.26. The molecule has 0 radical (unpaired) electrons. The average Bonchev–Trinajstić information content (AvgIpc) is 2.25. The second-order valence-corrected chi connectivity index (χ2v) is 4.01. The van der Waals surface area contributed by atoms with Gasteiger partial charge in [0.25, 0.3) is 0 Å². The van der Waals surface area contributed by atoms with Crippen LogP contribution in [0, 0.1) is 12.7 Å². The van der Waals surface area contributed by atoms with E-state index in [0.717, 1.165) is 12.8 Å². The van der Waals surface area contributed by atoms with Gasteiger partial charge in [-0.2, -0.15) is 0 Å². The van der Waals surface area contributed by atoms with E-state index >= 15 is 0 Å². The Labute approximate surface area is 90.1 Å². The topological polar surface area (TPSA) is 37.8 Å². The first-order chi connectivity index (χ1) is 7.02. The lowest BCUT2D eigenvalue weighted by Crippen LogP contribution is -2.34. The van der Waals surface area contributed by atoms with Gasteiger partial charge in [-0.25, -0.2) is 14.4 Å². The van der Waals surface area contributed by atoms with Gasteiger partial charge >= 0.3 is 0 Å². The van der Waals surface area contributed by atoms with Gasteiger partial charge in [0.15, 0.2) is 11.6 Å². The smallest absolute Gasteiger partial charge is 0.186 e. The third kappa shape index (κ3) is 2.64. The second-order valence-electron chi connectivity index (χ2n) is 4.01. The lowest BCUT2D eigenvalue weighted by atomic mass is 9.95. The Kier molecular flexibility index (Phi) is 3.61. The number of nitrogens with zero attached hydrogens (tertiary/aromatic N) is 2. The van der Waals surface area contributed by atoms with Gasteiger partial charge in [0, 0.05) is 5.54 Å². The molecule has 0 amide bonds. The number of nitrogens with one attached hydrogen (secondary N) is 1. The molecule has 1 aromatic heterocycles. The van der Waals surface area contributed by atoms with Crippen LogP contribution in [0.25, 0.3) is 0 Å². The third-order valence-electron chi connectivity index (χ3n) is 2.94. The highest BCUT2D eigenvalue weighted by Crippen LogP contribution is 2.22. The minimum absolute atomic E-state index is 0.109. The first-order valence-electron chi connectivity index (χ1n) is 5.27. The monoisotopic (exact) mass is 211 g/mol. The maximum Gasteiger partial charge on any atom is 0.186 e. The molecule has 15 heavy (non-hydrogen) atoms. The third-order valence-corrected chi connectivity index (χ3v) is 2.94. The van der Waals surface area contributed by atoms with Crippen LogP contribution in [-0.2, 0) is 0 Å². The number of halogens is 1. The van der Waals surface area contributed by atoms with Crippen molar-refractivity contribution in [3.63, 3.8) is 0 Å². The maximum absolute atomic E-state index is 13.6. The SMILES string of the molecule is CCC(C)(CC)Nc1ncnc(C)c1F. The molecule has 0 unspecified atom stereocenters. The quantitative estimate of drug-likeness (QED) is 0.832. The zero-order valence-corrected chi connectivity index (χ0v) is 9.76. The first kappa shape index (κ1) is 11.9. The van der Waals surface area contributed by atoms with Crippen molar-refractivity contribution in [2.45, 2.75) is 46.1 Å². The van der Waals surface area contributed by atoms with Gasteiger partial charge in [0.05, 0.1) is 5.69 Å². The van der Waals surface area contributed by atoms with Crippen LogP contribution in [0.1, 0.15) is 39.3 Å². The van der Waals surface area contributed by atoms with Crippen molar-refractivity contribution in [3.8, 4) is 0 Å². The van der Waals surface area contributed by atoms with E-state index in [9.17, 15) is 4.39 Å². The van der Waals surface area contributed by atoms with Crippen LogP contribution in [0.15, 0.2) is 6.33 Å². The van der Waals surface area contributed by atoms with E-state index in [1.165, 1.54) is 6.33 Å². The lowest BCUT2D eigenvalue weighted by molar-refractivity contribution is 0.470. The summed E-state index contributed by atoms with van der Waals surface area (Å²) in [5.41, 5.74) is 0.267. The molecule has 0 atom stereocenters. The Morgan fingerprint density at radius 2 is 1.93 bits per heavy atom. The fraction of sp³-hybridized carbons (Fsp3) is 0.636. The summed E-state index contributed by atoms with van der Waals surface area (Å²) < 4.78 is 13.6. The summed E-state index contributed by atoms with van der Waals surface area (Å²) in [4.78, 5) is 7.72. The summed E-state index contributed by atoms with van der Waals surface area (Å²) in [7, 11) is 0. The van der Waals surface area contributed by atoms with Crippen LogP contribution in [0.4, 0.5) is 10.2 Å². The zero-order valence-electron chi connectivity index (χ0n) is 9.76. The number of rotatable bonds is 4. The maximum atomic E-state index is 13.6. The average molecular weight is 211 g/mol. The summed E-state index contributed by atoms with van der Waals surface area (Å²) in [6.45, 7) is 7.84. The van der Waals surface area contributed by atoms with Crippen molar-refractivity contribution in [1.29, 1.82) is 0 Å². The van der Waals surface area contributed by atoms with E-state index in [1.54, 1.807) is 6.92 Å². The van der Waals surface area contributed by atoms with Crippen LogP contribution in [0.3, 0.4) is 0 Å². The number of aromatic nitrogens is 2. The molecule has 84 valence electrons. The molecule has 0 aliphatic carbocycles. The van der Waals surface area contributed by atoms with E-state index in [-0.39, 0.29) is 11.4 Å². The molecule has 0 fully saturated rings. The molecule has 0 aliphatic heterocycles. The van der Waals surface area contributed by atoms with Gasteiger partial charge in [-0.3, -0.25) is 0 Å². The second kappa shape index (κ2) is 4.55. The highest BCUT2D eigenvalue weighted by atomic mass is 19.1. The van der Waals surface area contributed by atoms with Gasteiger partial charge < -0.3 is 5.32 Å². The highest BCUT2D eigenvalue weighted by molar-refractivity contribution is 5.39. The van der Waals surface area contributed by atoms with E-state index in [2.05, 4.69) is 36.1 Å².